The highest BCUT2D eigenvalue weighted by atomic mass is 16.2. The van der Waals surface area contributed by atoms with Gasteiger partial charge in [0.2, 0.25) is 5.91 Å². The lowest BCUT2D eigenvalue weighted by Crippen LogP contribution is -2.52. The standard InChI is InChI=1S/C16H30N2O/c1-3-9-17-15-8-5-10-18(16(15)19)12-14-7-4-6-13(2)11-14/h13-15,17H,3-12H2,1-2H3. The summed E-state index contributed by atoms with van der Waals surface area (Å²) in [6.45, 7) is 7.46. The fourth-order valence-electron chi connectivity index (χ4n) is 3.67. The van der Waals surface area contributed by atoms with Gasteiger partial charge in [-0.3, -0.25) is 4.79 Å². The van der Waals surface area contributed by atoms with Gasteiger partial charge in [-0.05, 0) is 50.5 Å². The first-order valence-corrected chi connectivity index (χ1v) is 8.23. The maximum absolute atomic E-state index is 12.5. The first-order valence-electron chi connectivity index (χ1n) is 8.23. The molecule has 1 aliphatic heterocycles. The van der Waals surface area contributed by atoms with E-state index < -0.39 is 0 Å². The highest BCUT2D eigenvalue weighted by Gasteiger charge is 2.30. The molecule has 0 aromatic heterocycles. The molecule has 2 aliphatic rings. The summed E-state index contributed by atoms with van der Waals surface area (Å²) in [6, 6.07) is 0.0923. The second-order valence-electron chi connectivity index (χ2n) is 6.57. The highest BCUT2D eigenvalue weighted by molar-refractivity contribution is 5.82. The number of nitrogens with zero attached hydrogens (tertiary/aromatic N) is 1. The Hall–Kier alpha value is -0.570. The van der Waals surface area contributed by atoms with Crippen molar-refractivity contribution < 1.29 is 4.79 Å². The van der Waals surface area contributed by atoms with Crippen LogP contribution in [0, 0.1) is 11.8 Å². The zero-order valence-electron chi connectivity index (χ0n) is 12.7. The van der Waals surface area contributed by atoms with Gasteiger partial charge in [0.15, 0.2) is 0 Å². The smallest absolute Gasteiger partial charge is 0.239 e. The van der Waals surface area contributed by atoms with E-state index in [9.17, 15) is 4.79 Å². The molecule has 1 saturated heterocycles. The van der Waals surface area contributed by atoms with Gasteiger partial charge >= 0.3 is 0 Å². The third-order valence-electron chi connectivity index (χ3n) is 4.69. The van der Waals surface area contributed by atoms with Crippen LogP contribution in [-0.4, -0.2) is 36.5 Å². The van der Waals surface area contributed by atoms with Crippen molar-refractivity contribution in [3.63, 3.8) is 0 Å². The summed E-state index contributed by atoms with van der Waals surface area (Å²) < 4.78 is 0. The Morgan fingerprint density at radius 2 is 2.11 bits per heavy atom. The van der Waals surface area contributed by atoms with Crippen molar-refractivity contribution in [3.8, 4) is 0 Å². The summed E-state index contributed by atoms with van der Waals surface area (Å²) in [5.74, 6) is 1.96. The number of likely N-dealkylation sites (tertiary alicyclic amines) is 1. The van der Waals surface area contributed by atoms with Crippen LogP contribution in [0.15, 0.2) is 0 Å². The summed E-state index contributed by atoms with van der Waals surface area (Å²) >= 11 is 0. The van der Waals surface area contributed by atoms with Crippen LogP contribution in [-0.2, 0) is 4.79 Å². The van der Waals surface area contributed by atoms with E-state index in [1.165, 1.54) is 25.7 Å². The molecule has 110 valence electrons. The Balaban J connectivity index is 1.83. The van der Waals surface area contributed by atoms with Gasteiger partial charge in [-0.15, -0.1) is 0 Å². The third-order valence-corrected chi connectivity index (χ3v) is 4.69. The second-order valence-corrected chi connectivity index (χ2v) is 6.57. The molecular weight excluding hydrogens is 236 g/mol. The normalized spacial score (nSPS) is 32.6. The number of hydrogen-bond donors (Lipinski definition) is 1. The maximum atomic E-state index is 12.5. The lowest BCUT2D eigenvalue weighted by molar-refractivity contribution is -0.136. The lowest BCUT2D eigenvalue weighted by Gasteiger charge is -2.37. The first-order chi connectivity index (χ1) is 9.20. The van der Waals surface area contributed by atoms with E-state index in [2.05, 4.69) is 24.1 Å². The number of amides is 1. The van der Waals surface area contributed by atoms with Crippen molar-refractivity contribution in [3.05, 3.63) is 0 Å². The topological polar surface area (TPSA) is 32.3 Å². The van der Waals surface area contributed by atoms with Crippen molar-refractivity contribution in [2.24, 2.45) is 11.8 Å². The van der Waals surface area contributed by atoms with Crippen LogP contribution < -0.4 is 5.32 Å². The summed E-state index contributed by atoms with van der Waals surface area (Å²) in [7, 11) is 0. The van der Waals surface area contributed by atoms with Crippen molar-refractivity contribution in [1.82, 2.24) is 10.2 Å². The number of carbonyl (C=O) groups excluding carboxylic acids is 1. The molecular formula is C16H30N2O. The van der Waals surface area contributed by atoms with Gasteiger partial charge in [0.05, 0.1) is 6.04 Å². The van der Waals surface area contributed by atoms with Gasteiger partial charge in [-0.1, -0.05) is 26.7 Å². The fourth-order valence-corrected chi connectivity index (χ4v) is 3.67. The van der Waals surface area contributed by atoms with Crippen LogP contribution in [0.5, 0.6) is 0 Å². The predicted molar refractivity (Wildman–Crippen MR) is 79.0 cm³/mol. The molecule has 0 bridgehead atoms. The molecule has 0 aromatic rings. The van der Waals surface area contributed by atoms with Crippen LogP contribution in [0.2, 0.25) is 0 Å². The summed E-state index contributed by atoms with van der Waals surface area (Å²) in [4.78, 5) is 14.6. The van der Waals surface area contributed by atoms with E-state index in [-0.39, 0.29) is 6.04 Å². The minimum Gasteiger partial charge on any atom is -0.341 e. The molecule has 1 N–H and O–H groups in total. The molecule has 2 fully saturated rings. The highest BCUT2D eigenvalue weighted by Crippen LogP contribution is 2.29. The van der Waals surface area contributed by atoms with Crippen LogP contribution in [0.4, 0.5) is 0 Å². The summed E-state index contributed by atoms with van der Waals surface area (Å²) in [5.41, 5.74) is 0. The van der Waals surface area contributed by atoms with Gasteiger partial charge in [-0.2, -0.15) is 0 Å². The van der Waals surface area contributed by atoms with Crippen LogP contribution in [0.25, 0.3) is 0 Å². The Labute approximate surface area is 118 Å². The number of nitrogens with one attached hydrogen (secondary N) is 1. The molecule has 0 aromatic carbocycles. The van der Waals surface area contributed by atoms with E-state index in [4.69, 9.17) is 0 Å². The Morgan fingerprint density at radius 1 is 1.26 bits per heavy atom. The predicted octanol–water partition coefficient (Wildman–Crippen LogP) is 2.80. The molecule has 0 spiro atoms. The molecule has 1 amide bonds. The average molecular weight is 266 g/mol. The summed E-state index contributed by atoms with van der Waals surface area (Å²) in [6.07, 6.45) is 8.66. The monoisotopic (exact) mass is 266 g/mol. The number of hydrogen-bond acceptors (Lipinski definition) is 2. The molecule has 3 atom stereocenters. The van der Waals surface area contributed by atoms with Gasteiger partial charge < -0.3 is 10.2 Å². The zero-order valence-corrected chi connectivity index (χ0v) is 12.7. The van der Waals surface area contributed by atoms with E-state index in [1.54, 1.807) is 0 Å². The maximum Gasteiger partial charge on any atom is 0.239 e. The molecule has 1 aliphatic carbocycles. The van der Waals surface area contributed by atoms with Crippen molar-refractivity contribution in [2.45, 2.75) is 64.8 Å². The molecule has 3 unspecified atom stereocenters. The SMILES string of the molecule is CCCNC1CCCN(CC2CCCC(C)C2)C1=O. The van der Waals surface area contributed by atoms with Crippen LogP contribution in [0.3, 0.4) is 0 Å². The van der Waals surface area contributed by atoms with E-state index in [0.29, 0.717) is 5.91 Å². The lowest BCUT2D eigenvalue weighted by atomic mass is 9.82. The molecule has 19 heavy (non-hydrogen) atoms. The van der Waals surface area contributed by atoms with Crippen molar-refractivity contribution >= 4 is 5.91 Å². The summed E-state index contributed by atoms with van der Waals surface area (Å²) in [5, 5.41) is 3.41. The Kier molecular flexibility index (Phi) is 5.68. The minimum atomic E-state index is 0.0923. The molecule has 1 heterocycles. The van der Waals surface area contributed by atoms with Crippen LogP contribution >= 0.6 is 0 Å². The van der Waals surface area contributed by atoms with E-state index in [1.807, 2.05) is 0 Å². The molecule has 3 heteroatoms. The van der Waals surface area contributed by atoms with Crippen molar-refractivity contribution in [2.75, 3.05) is 19.6 Å². The largest absolute Gasteiger partial charge is 0.341 e. The van der Waals surface area contributed by atoms with Gasteiger partial charge in [0.1, 0.15) is 0 Å². The van der Waals surface area contributed by atoms with Crippen LogP contribution in [0.1, 0.15) is 58.8 Å². The number of rotatable bonds is 5. The number of carbonyl (C=O) groups is 1. The average Bonchev–Trinajstić information content (AvgIpc) is 2.40. The molecule has 2 rings (SSSR count). The first kappa shape index (κ1) is 14.8. The van der Waals surface area contributed by atoms with Gasteiger partial charge in [0.25, 0.3) is 0 Å². The van der Waals surface area contributed by atoms with Gasteiger partial charge in [-0.25, -0.2) is 0 Å². The fraction of sp³-hybridized carbons (Fsp3) is 0.938. The zero-order chi connectivity index (χ0) is 13.7. The molecule has 0 radical (unpaired) electrons. The quantitative estimate of drug-likeness (QED) is 0.830. The molecule has 1 saturated carbocycles. The van der Waals surface area contributed by atoms with Crippen molar-refractivity contribution in [1.29, 1.82) is 0 Å². The van der Waals surface area contributed by atoms with Gasteiger partial charge in [0, 0.05) is 13.1 Å². The molecule has 3 nitrogen and oxygen atoms in total. The van der Waals surface area contributed by atoms with E-state index in [0.717, 1.165) is 50.7 Å². The van der Waals surface area contributed by atoms with E-state index >= 15 is 0 Å². The Bertz CT molecular complexity index is 292. The second kappa shape index (κ2) is 7.28. The Morgan fingerprint density at radius 3 is 2.84 bits per heavy atom. The minimum absolute atomic E-state index is 0.0923. The third kappa shape index (κ3) is 4.20. The number of piperidine rings is 1.